The molecule has 0 atom stereocenters. The second-order valence-electron chi connectivity index (χ2n) is 4.30. The number of aliphatic hydroxyl groups excluding tert-OH is 1. The van der Waals surface area contributed by atoms with Gasteiger partial charge in [0.25, 0.3) is 0 Å². The van der Waals surface area contributed by atoms with Crippen LogP contribution in [0, 0.1) is 0 Å². The molecule has 5 nitrogen and oxygen atoms in total. The van der Waals surface area contributed by atoms with Crippen LogP contribution in [0.2, 0.25) is 5.02 Å². The first kappa shape index (κ1) is 13.1. The highest BCUT2D eigenvalue weighted by Crippen LogP contribution is 2.33. The van der Waals surface area contributed by atoms with Gasteiger partial charge in [-0.15, -0.1) is 0 Å². The van der Waals surface area contributed by atoms with Crippen molar-refractivity contribution < 1.29 is 15.3 Å². The van der Waals surface area contributed by atoms with E-state index < -0.39 is 0 Å². The van der Waals surface area contributed by atoms with E-state index in [0.717, 1.165) is 0 Å². The molecule has 0 aliphatic heterocycles. The quantitative estimate of drug-likeness (QED) is 0.373. The maximum Gasteiger partial charge on any atom is 0.172 e. The van der Waals surface area contributed by atoms with Crippen molar-refractivity contribution in [2.75, 3.05) is 7.05 Å². The van der Waals surface area contributed by atoms with Crippen molar-refractivity contribution in [3.8, 4) is 5.75 Å². The third-order valence-electron chi connectivity index (χ3n) is 2.90. The van der Waals surface area contributed by atoms with E-state index in [-0.39, 0.29) is 12.4 Å². The molecule has 0 aromatic heterocycles. The average molecular weight is 271 g/mol. The standard InChI is InChI=1S/C12H15ClN2O3/c1-15(9-2-3-9)7-14-11-5-12(18-17)8(6-16)4-10(11)13/h4-5,7,9,16-17H,2-3,6H2,1H3/b14-7+. The monoisotopic (exact) mass is 270 g/mol. The first-order chi connectivity index (χ1) is 8.65. The lowest BCUT2D eigenvalue weighted by molar-refractivity contribution is -0.138. The molecule has 0 radical (unpaired) electrons. The van der Waals surface area contributed by atoms with Gasteiger partial charge in [0, 0.05) is 24.7 Å². The average Bonchev–Trinajstić information content (AvgIpc) is 3.20. The highest BCUT2D eigenvalue weighted by molar-refractivity contribution is 6.33. The van der Waals surface area contributed by atoms with E-state index in [4.69, 9.17) is 22.0 Å². The van der Waals surface area contributed by atoms with Crippen LogP contribution in [0.1, 0.15) is 18.4 Å². The fraction of sp³-hybridized carbons (Fsp3) is 0.417. The maximum absolute atomic E-state index is 9.07. The molecule has 0 spiro atoms. The lowest BCUT2D eigenvalue weighted by Crippen LogP contribution is -2.17. The number of halogens is 1. The summed E-state index contributed by atoms with van der Waals surface area (Å²) in [5.41, 5.74) is 0.905. The predicted octanol–water partition coefficient (Wildman–Crippen LogP) is 2.44. The lowest BCUT2D eigenvalue weighted by Gasteiger charge is -2.11. The van der Waals surface area contributed by atoms with Crippen LogP contribution in [-0.4, -0.2) is 34.7 Å². The van der Waals surface area contributed by atoms with Gasteiger partial charge in [-0.25, -0.2) is 10.2 Å². The van der Waals surface area contributed by atoms with Gasteiger partial charge < -0.3 is 14.9 Å². The summed E-state index contributed by atoms with van der Waals surface area (Å²) in [6.07, 6.45) is 4.08. The second kappa shape index (κ2) is 5.56. The summed E-state index contributed by atoms with van der Waals surface area (Å²) in [6.45, 7) is -0.262. The third-order valence-corrected chi connectivity index (χ3v) is 3.20. The van der Waals surface area contributed by atoms with Crippen LogP contribution >= 0.6 is 11.6 Å². The van der Waals surface area contributed by atoms with E-state index in [1.165, 1.54) is 25.0 Å². The largest absolute Gasteiger partial charge is 0.392 e. The van der Waals surface area contributed by atoms with Crippen molar-refractivity contribution in [1.29, 1.82) is 0 Å². The molecule has 0 saturated heterocycles. The van der Waals surface area contributed by atoms with E-state index in [0.29, 0.717) is 22.3 Å². The molecule has 1 fully saturated rings. The molecular weight excluding hydrogens is 256 g/mol. The summed E-state index contributed by atoms with van der Waals surface area (Å²) in [5.74, 6) is 0.156. The van der Waals surface area contributed by atoms with Crippen molar-refractivity contribution in [1.82, 2.24) is 4.90 Å². The lowest BCUT2D eigenvalue weighted by atomic mass is 10.2. The van der Waals surface area contributed by atoms with E-state index in [1.807, 2.05) is 11.9 Å². The van der Waals surface area contributed by atoms with E-state index in [2.05, 4.69) is 9.88 Å². The molecule has 18 heavy (non-hydrogen) atoms. The number of aliphatic imine (C=N–C) groups is 1. The van der Waals surface area contributed by atoms with Crippen molar-refractivity contribution in [2.45, 2.75) is 25.5 Å². The second-order valence-corrected chi connectivity index (χ2v) is 4.71. The van der Waals surface area contributed by atoms with Crippen molar-refractivity contribution in [3.05, 3.63) is 22.7 Å². The predicted molar refractivity (Wildman–Crippen MR) is 69.6 cm³/mol. The Bertz CT molecular complexity index is 461. The first-order valence-corrected chi connectivity index (χ1v) is 6.04. The summed E-state index contributed by atoms with van der Waals surface area (Å²) < 4.78 is 0. The molecule has 1 aromatic rings. The SMILES string of the molecule is CN(/C=N/c1cc(OO)c(CO)cc1Cl)C1CC1. The Morgan fingerprint density at radius 2 is 2.28 bits per heavy atom. The molecule has 2 N–H and O–H groups in total. The van der Waals surface area contributed by atoms with Gasteiger partial charge in [0.05, 0.1) is 23.7 Å². The third kappa shape index (κ3) is 2.93. The molecule has 0 unspecified atom stereocenters. The number of rotatable bonds is 5. The first-order valence-electron chi connectivity index (χ1n) is 5.66. The van der Waals surface area contributed by atoms with Gasteiger partial charge in [-0.3, -0.25) is 0 Å². The molecule has 1 aliphatic carbocycles. The Kier molecular flexibility index (Phi) is 4.06. The molecular formula is C12H15ClN2O3. The topological polar surface area (TPSA) is 65.3 Å². The molecule has 1 aromatic carbocycles. The van der Waals surface area contributed by atoms with Gasteiger partial charge in [-0.1, -0.05) is 11.6 Å². The van der Waals surface area contributed by atoms with E-state index in [1.54, 1.807) is 6.34 Å². The fourth-order valence-corrected chi connectivity index (χ4v) is 1.86. The number of hydrogen-bond donors (Lipinski definition) is 2. The molecule has 0 heterocycles. The van der Waals surface area contributed by atoms with Gasteiger partial charge in [-0.2, -0.15) is 0 Å². The van der Waals surface area contributed by atoms with Crippen molar-refractivity contribution in [3.63, 3.8) is 0 Å². The number of aliphatic hydroxyl groups is 1. The minimum Gasteiger partial charge on any atom is -0.392 e. The van der Waals surface area contributed by atoms with Crippen LogP contribution in [0.15, 0.2) is 17.1 Å². The molecule has 98 valence electrons. The fourth-order valence-electron chi connectivity index (χ4n) is 1.62. The zero-order valence-corrected chi connectivity index (χ0v) is 10.8. The summed E-state index contributed by atoms with van der Waals surface area (Å²) >= 11 is 6.04. The highest BCUT2D eigenvalue weighted by Gasteiger charge is 2.24. The zero-order valence-electron chi connectivity index (χ0n) is 10.0. The van der Waals surface area contributed by atoms with Crippen LogP contribution in [0.3, 0.4) is 0 Å². The molecule has 1 aliphatic rings. The van der Waals surface area contributed by atoms with Crippen LogP contribution in [0.5, 0.6) is 5.75 Å². The number of benzene rings is 1. The Hall–Kier alpha value is -1.30. The van der Waals surface area contributed by atoms with Gasteiger partial charge in [0.1, 0.15) is 0 Å². The molecule has 6 heteroatoms. The molecule has 0 bridgehead atoms. The Morgan fingerprint density at radius 1 is 1.56 bits per heavy atom. The zero-order chi connectivity index (χ0) is 13.1. The summed E-state index contributed by atoms with van der Waals surface area (Å²) in [6, 6.07) is 3.58. The number of hydrogen-bond acceptors (Lipinski definition) is 4. The number of nitrogens with zero attached hydrogens (tertiary/aromatic N) is 2. The Labute approximate surface area is 110 Å². The molecule has 0 amide bonds. The normalized spacial score (nSPS) is 15.1. The summed E-state index contributed by atoms with van der Waals surface area (Å²) in [4.78, 5) is 10.5. The van der Waals surface area contributed by atoms with Crippen molar-refractivity contribution >= 4 is 23.6 Å². The summed E-state index contributed by atoms with van der Waals surface area (Å²) in [5, 5.41) is 18.2. The van der Waals surface area contributed by atoms with Gasteiger partial charge in [0.15, 0.2) is 5.75 Å². The van der Waals surface area contributed by atoms with Crippen LogP contribution in [0.4, 0.5) is 5.69 Å². The van der Waals surface area contributed by atoms with E-state index >= 15 is 0 Å². The van der Waals surface area contributed by atoms with Gasteiger partial charge in [-0.05, 0) is 18.9 Å². The van der Waals surface area contributed by atoms with E-state index in [9.17, 15) is 0 Å². The summed E-state index contributed by atoms with van der Waals surface area (Å²) in [7, 11) is 1.96. The van der Waals surface area contributed by atoms with Gasteiger partial charge in [0.2, 0.25) is 0 Å². The molecule has 1 saturated carbocycles. The van der Waals surface area contributed by atoms with Crippen LogP contribution < -0.4 is 4.89 Å². The maximum atomic E-state index is 9.07. The van der Waals surface area contributed by atoms with Crippen molar-refractivity contribution in [2.24, 2.45) is 4.99 Å². The van der Waals surface area contributed by atoms with Crippen LogP contribution in [-0.2, 0) is 6.61 Å². The minimum absolute atomic E-state index is 0.156. The minimum atomic E-state index is -0.262. The smallest absolute Gasteiger partial charge is 0.172 e. The van der Waals surface area contributed by atoms with Crippen LogP contribution in [0.25, 0.3) is 0 Å². The Morgan fingerprint density at radius 3 is 2.83 bits per heavy atom. The van der Waals surface area contributed by atoms with Gasteiger partial charge >= 0.3 is 0 Å². The Balaban J connectivity index is 2.21. The highest BCUT2D eigenvalue weighted by atomic mass is 35.5. The molecule has 2 rings (SSSR count).